The largest absolute Gasteiger partial charge is 0.493 e. The molecule has 0 radical (unpaired) electrons. The highest BCUT2D eigenvalue weighted by Crippen LogP contribution is 2.46. The molecule has 4 rings (SSSR count). The Balaban J connectivity index is 1.38. The van der Waals surface area contributed by atoms with Gasteiger partial charge in [-0.25, -0.2) is 9.37 Å². The molecule has 2 fully saturated rings. The van der Waals surface area contributed by atoms with Crippen molar-refractivity contribution >= 4 is 22.9 Å². The lowest BCUT2D eigenvalue weighted by Gasteiger charge is -2.33. The third-order valence-electron chi connectivity index (χ3n) is 5.44. The molecule has 0 bridgehead atoms. The maximum atomic E-state index is 13.3. The Morgan fingerprint density at radius 3 is 2.96 bits per heavy atom. The SMILES string of the molecule is OCc1csc([C@H]2CC[C@@H]3[C@@H](COc4ccc(F)c(Cl)c4)[C@@H](O)C[C@@H]3O2)n1. The molecule has 5 atom stereocenters. The Bertz CT molecular complexity index is 804. The van der Waals surface area contributed by atoms with Crippen LogP contribution in [0.1, 0.15) is 36.1 Å². The summed E-state index contributed by atoms with van der Waals surface area (Å²) in [6.45, 7) is 0.269. The molecule has 8 heteroatoms. The van der Waals surface area contributed by atoms with Gasteiger partial charge >= 0.3 is 0 Å². The van der Waals surface area contributed by atoms with Crippen LogP contribution in [0.5, 0.6) is 5.75 Å². The van der Waals surface area contributed by atoms with Crippen LogP contribution in [0.2, 0.25) is 5.02 Å². The summed E-state index contributed by atoms with van der Waals surface area (Å²) in [6.07, 6.45) is 1.69. The third-order valence-corrected chi connectivity index (χ3v) is 6.71. The van der Waals surface area contributed by atoms with Crippen molar-refractivity contribution in [3.05, 3.63) is 45.1 Å². The van der Waals surface area contributed by atoms with Gasteiger partial charge in [0, 0.05) is 23.8 Å². The fraction of sp³-hybridized carbons (Fsp3) is 0.526. The first kappa shape index (κ1) is 19.1. The summed E-state index contributed by atoms with van der Waals surface area (Å²) in [7, 11) is 0. The highest BCUT2D eigenvalue weighted by atomic mass is 35.5. The summed E-state index contributed by atoms with van der Waals surface area (Å²) in [5.41, 5.74) is 0.663. The number of aliphatic hydroxyl groups excluding tert-OH is 2. The van der Waals surface area contributed by atoms with Crippen molar-refractivity contribution in [1.29, 1.82) is 0 Å². The number of ether oxygens (including phenoxy) is 2. The molecule has 1 aromatic heterocycles. The molecule has 2 aromatic rings. The van der Waals surface area contributed by atoms with Crippen LogP contribution in [-0.4, -0.2) is 34.0 Å². The maximum Gasteiger partial charge on any atom is 0.142 e. The van der Waals surface area contributed by atoms with Gasteiger partial charge in [0.05, 0.1) is 36.1 Å². The van der Waals surface area contributed by atoms with Gasteiger partial charge in [-0.1, -0.05) is 11.6 Å². The van der Waals surface area contributed by atoms with E-state index < -0.39 is 11.9 Å². The zero-order valence-electron chi connectivity index (χ0n) is 14.6. The topological polar surface area (TPSA) is 71.8 Å². The molecule has 1 aliphatic heterocycles. The smallest absolute Gasteiger partial charge is 0.142 e. The van der Waals surface area contributed by atoms with E-state index in [1.54, 1.807) is 0 Å². The lowest BCUT2D eigenvalue weighted by atomic mass is 9.87. The fourth-order valence-electron chi connectivity index (χ4n) is 4.05. The predicted molar refractivity (Wildman–Crippen MR) is 99.4 cm³/mol. The normalized spacial score (nSPS) is 30.3. The van der Waals surface area contributed by atoms with Crippen LogP contribution < -0.4 is 4.74 Å². The van der Waals surface area contributed by atoms with Crippen molar-refractivity contribution in [2.45, 2.75) is 44.2 Å². The second-order valence-corrected chi connectivity index (χ2v) is 8.39. The van der Waals surface area contributed by atoms with E-state index in [4.69, 9.17) is 21.1 Å². The van der Waals surface area contributed by atoms with Crippen molar-refractivity contribution in [3.8, 4) is 5.75 Å². The second kappa shape index (κ2) is 8.01. The van der Waals surface area contributed by atoms with Gasteiger partial charge in [0.2, 0.25) is 0 Å². The molecule has 2 N–H and O–H groups in total. The van der Waals surface area contributed by atoms with Crippen molar-refractivity contribution in [2.75, 3.05) is 6.61 Å². The summed E-state index contributed by atoms with van der Waals surface area (Å²) >= 11 is 7.29. The van der Waals surface area contributed by atoms with E-state index in [0.717, 1.165) is 17.8 Å². The lowest BCUT2D eigenvalue weighted by molar-refractivity contribution is -0.0812. The number of hydrogen-bond acceptors (Lipinski definition) is 6. The molecular formula is C19H21ClFNO4S. The van der Waals surface area contributed by atoms with E-state index in [9.17, 15) is 14.6 Å². The predicted octanol–water partition coefficient (Wildman–Crippen LogP) is 3.72. The second-order valence-electron chi connectivity index (χ2n) is 7.09. The average molecular weight is 414 g/mol. The minimum absolute atomic E-state index is 0.0203. The van der Waals surface area contributed by atoms with Crippen LogP contribution in [0.15, 0.2) is 23.6 Å². The number of fused-ring (bicyclic) bond motifs is 1. The van der Waals surface area contributed by atoms with Gasteiger partial charge in [0.25, 0.3) is 0 Å². The van der Waals surface area contributed by atoms with Gasteiger partial charge in [0.15, 0.2) is 0 Å². The number of aromatic nitrogens is 1. The quantitative estimate of drug-likeness (QED) is 0.781. The molecule has 0 unspecified atom stereocenters. The monoisotopic (exact) mass is 413 g/mol. The zero-order valence-corrected chi connectivity index (χ0v) is 16.1. The molecule has 1 aliphatic carbocycles. The number of rotatable bonds is 5. The first-order valence-electron chi connectivity index (χ1n) is 9.01. The summed E-state index contributed by atoms with van der Waals surface area (Å²) in [5.74, 6) is 0.183. The fourth-order valence-corrected chi connectivity index (χ4v) is 5.10. The van der Waals surface area contributed by atoms with Gasteiger partial charge in [-0.05, 0) is 30.9 Å². The summed E-state index contributed by atoms with van der Waals surface area (Å²) < 4.78 is 25.3. The maximum absolute atomic E-state index is 13.3. The molecule has 146 valence electrons. The highest BCUT2D eigenvalue weighted by Gasteiger charge is 2.47. The van der Waals surface area contributed by atoms with Crippen molar-refractivity contribution in [3.63, 3.8) is 0 Å². The Hall–Kier alpha value is -1.25. The van der Waals surface area contributed by atoms with Gasteiger partial charge in [-0.2, -0.15) is 0 Å². The Morgan fingerprint density at radius 2 is 2.22 bits per heavy atom. The number of nitrogens with zero attached hydrogens (tertiary/aromatic N) is 1. The zero-order chi connectivity index (χ0) is 19.0. The van der Waals surface area contributed by atoms with Crippen molar-refractivity contribution in [2.24, 2.45) is 11.8 Å². The number of hydrogen-bond donors (Lipinski definition) is 2. The lowest BCUT2D eigenvalue weighted by Crippen LogP contribution is -2.33. The standard InChI is InChI=1S/C19H21ClFNO4S/c20-14-5-11(1-3-15(14)21)25-8-13-12-2-4-17(26-18(12)6-16(13)24)19-22-10(7-23)9-27-19/h1,3,5,9,12-13,16-18,23-24H,2,4,6-8H2/t12-,13-,16+,17-,18+/m1/s1. The molecule has 0 amide bonds. The van der Waals surface area contributed by atoms with E-state index >= 15 is 0 Å². The van der Waals surface area contributed by atoms with E-state index in [-0.39, 0.29) is 35.7 Å². The van der Waals surface area contributed by atoms with Gasteiger partial charge in [0.1, 0.15) is 22.7 Å². The van der Waals surface area contributed by atoms with Crippen LogP contribution in [0.25, 0.3) is 0 Å². The van der Waals surface area contributed by atoms with E-state index in [2.05, 4.69) is 4.98 Å². The minimum Gasteiger partial charge on any atom is -0.493 e. The number of benzene rings is 1. The van der Waals surface area contributed by atoms with Crippen LogP contribution >= 0.6 is 22.9 Å². The minimum atomic E-state index is -0.501. The van der Waals surface area contributed by atoms with E-state index in [1.807, 2.05) is 5.38 Å². The van der Waals surface area contributed by atoms with Gasteiger partial charge < -0.3 is 19.7 Å². The summed E-state index contributed by atoms with van der Waals surface area (Å²) in [6, 6.07) is 4.26. The van der Waals surface area contributed by atoms with Crippen LogP contribution in [0, 0.1) is 17.7 Å². The molecule has 1 saturated heterocycles. The highest BCUT2D eigenvalue weighted by molar-refractivity contribution is 7.09. The molecule has 2 heterocycles. The molecule has 1 aromatic carbocycles. The molecule has 2 aliphatic rings. The Kier molecular flexibility index (Phi) is 5.66. The number of aliphatic hydroxyl groups is 2. The number of thiazole rings is 1. The van der Waals surface area contributed by atoms with Crippen LogP contribution in [0.3, 0.4) is 0 Å². The van der Waals surface area contributed by atoms with E-state index in [1.165, 1.54) is 29.5 Å². The average Bonchev–Trinajstić information content (AvgIpc) is 3.26. The van der Waals surface area contributed by atoms with Crippen LogP contribution in [-0.2, 0) is 11.3 Å². The summed E-state index contributed by atoms with van der Waals surface area (Å²) in [5, 5.41) is 22.4. The molecular weight excluding hydrogens is 393 g/mol. The molecule has 5 nitrogen and oxygen atoms in total. The first-order valence-corrected chi connectivity index (χ1v) is 10.3. The number of halogens is 2. The van der Waals surface area contributed by atoms with E-state index in [0.29, 0.717) is 24.5 Å². The third kappa shape index (κ3) is 3.98. The van der Waals surface area contributed by atoms with Crippen molar-refractivity contribution < 1.29 is 24.1 Å². The Labute approximate surface area is 165 Å². The molecule has 27 heavy (non-hydrogen) atoms. The molecule has 0 spiro atoms. The van der Waals surface area contributed by atoms with Gasteiger partial charge in [-0.3, -0.25) is 0 Å². The van der Waals surface area contributed by atoms with Gasteiger partial charge in [-0.15, -0.1) is 11.3 Å². The van der Waals surface area contributed by atoms with Crippen molar-refractivity contribution in [1.82, 2.24) is 4.98 Å². The Morgan fingerprint density at radius 1 is 1.37 bits per heavy atom. The first-order chi connectivity index (χ1) is 13.0. The van der Waals surface area contributed by atoms with Crippen LogP contribution in [0.4, 0.5) is 4.39 Å². The summed E-state index contributed by atoms with van der Waals surface area (Å²) in [4.78, 5) is 4.41. The molecule has 1 saturated carbocycles.